The molecule has 0 spiro atoms. The van der Waals surface area contributed by atoms with Crippen LogP contribution in [0.2, 0.25) is 0 Å². The Kier molecular flexibility index (Phi) is 16.5. The smallest absolute Gasteiger partial charge is 0.328 e. The van der Waals surface area contributed by atoms with E-state index in [2.05, 4.69) is 20.3 Å². The van der Waals surface area contributed by atoms with E-state index in [0.29, 0.717) is 60.6 Å². The number of aryl methyl sites for hydroxylation is 3. The van der Waals surface area contributed by atoms with Crippen molar-refractivity contribution in [2.75, 3.05) is 31.0 Å². The first-order chi connectivity index (χ1) is 37.7. The number of ether oxygens (including phenoxy) is 2. The second-order valence-electron chi connectivity index (χ2n) is 21.3. The molecule has 4 heterocycles. The second-order valence-corrected chi connectivity index (χ2v) is 23.9. The summed E-state index contributed by atoms with van der Waals surface area (Å²) in [6, 6.07) is 29.1. The van der Waals surface area contributed by atoms with Crippen LogP contribution in [0.1, 0.15) is 96.8 Å². The minimum absolute atomic E-state index is 0.0462. The van der Waals surface area contributed by atoms with Crippen molar-refractivity contribution in [3.05, 3.63) is 153 Å². The van der Waals surface area contributed by atoms with Gasteiger partial charge in [0.2, 0.25) is 11.8 Å². The number of imidazole rings is 1. The van der Waals surface area contributed by atoms with Crippen molar-refractivity contribution in [2.45, 2.75) is 95.8 Å². The lowest BCUT2D eigenvalue weighted by molar-refractivity contribution is -0.142. The van der Waals surface area contributed by atoms with E-state index in [1.54, 1.807) is 90.4 Å². The van der Waals surface area contributed by atoms with Crippen LogP contribution in [0.4, 0.5) is 5.69 Å². The average molecular weight is 1110 g/mol. The molecule has 0 saturated carbocycles. The molecule has 18 nitrogen and oxygen atoms in total. The number of carbonyl (C=O) groups excluding carboxylic acids is 4. The fourth-order valence-corrected chi connectivity index (χ4v) is 12.1. The number of carbonyl (C=O) groups is 4. The predicted octanol–water partition coefficient (Wildman–Crippen LogP) is 8.13. The van der Waals surface area contributed by atoms with Crippen LogP contribution in [-0.4, -0.2) is 105 Å². The van der Waals surface area contributed by atoms with Gasteiger partial charge in [0.25, 0.3) is 21.8 Å². The molecule has 2 aromatic heterocycles. The zero-order chi connectivity index (χ0) is 56.3. The van der Waals surface area contributed by atoms with Gasteiger partial charge in [0, 0.05) is 70.0 Å². The van der Waals surface area contributed by atoms with Crippen molar-refractivity contribution in [1.29, 1.82) is 0 Å². The maximum atomic E-state index is 14.3. The van der Waals surface area contributed by atoms with Crippen molar-refractivity contribution in [1.82, 2.24) is 34.6 Å². The third kappa shape index (κ3) is 12.4. The Morgan fingerprint density at radius 1 is 0.861 bits per heavy atom. The van der Waals surface area contributed by atoms with Gasteiger partial charge in [-0.15, -0.1) is 11.3 Å². The topological polar surface area (TPSA) is 224 Å². The number of aromatic nitrogens is 3. The zero-order valence-electron chi connectivity index (χ0n) is 45.3. The van der Waals surface area contributed by atoms with Crippen molar-refractivity contribution in [2.24, 2.45) is 19.5 Å². The molecule has 0 unspecified atom stereocenters. The number of nitrogens with zero attached hydrogens (tertiary/aromatic N) is 5. The molecule has 2 saturated heterocycles. The van der Waals surface area contributed by atoms with Gasteiger partial charge in [-0.3, -0.25) is 33.0 Å². The Balaban J connectivity index is 0.812. The van der Waals surface area contributed by atoms with Crippen LogP contribution in [0.15, 0.2) is 124 Å². The third-order valence-corrected chi connectivity index (χ3v) is 17.0. The lowest BCUT2D eigenvalue weighted by Gasteiger charge is -2.35. The number of piperidine rings is 1. The Hall–Kier alpha value is -7.81. The van der Waals surface area contributed by atoms with E-state index in [1.165, 1.54) is 32.2 Å². The largest absolute Gasteiger partial charge is 0.493 e. The van der Waals surface area contributed by atoms with Gasteiger partial charge in [0.05, 0.1) is 50.4 Å². The standard InChI is InChI=1S/C59H66N8O10S2/c1-8-27-76-44-12-10-13-45(30-44)77-51-32-49-48(64(6)58(73)65(49)7)31-47(51)63-79(74,75)46-14-9-11-42(28-46)56(71)66-25-23-39(24-26-66)38-19-21-41(22-20-38)54(69)62-53(59(3,4)5)57(72)67-34-43(68)29-50(67)55(70)60-33-37-15-17-40(18-16-37)52-36(2)61-35-78-52/h9-22,28,30-32,35,39,43,50,53,63,68H,8,23-27,29,33-34H2,1-7H3,(H,60,70)(H,62,69)/t43-,50+,53-/m1/s1. The van der Waals surface area contributed by atoms with E-state index < -0.39 is 51.3 Å². The van der Waals surface area contributed by atoms with Crippen LogP contribution in [0, 0.1) is 12.3 Å². The second kappa shape index (κ2) is 23.3. The molecule has 9 rings (SSSR count). The summed E-state index contributed by atoms with van der Waals surface area (Å²) in [6.45, 7) is 11.0. The predicted molar refractivity (Wildman–Crippen MR) is 303 cm³/mol. The average Bonchev–Trinajstić information content (AvgIpc) is 4.35. The summed E-state index contributed by atoms with van der Waals surface area (Å²) in [5.41, 5.74) is 6.20. The number of sulfonamides is 1. The molecule has 2 fully saturated rings. The molecule has 0 aliphatic carbocycles. The summed E-state index contributed by atoms with van der Waals surface area (Å²) in [6.07, 6.45) is 1.21. The fraction of sp³-hybridized carbons (Fsp3) is 0.356. The minimum Gasteiger partial charge on any atom is -0.493 e. The zero-order valence-corrected chi connectivity index (χ0v) is 47.0. The van der Waals surface area contributed by atoms with Gasteiger partial charge in [-0.2, -0.15) is 0 Å². The number of thiazole rings is 1. The molecule has 20 heteroatoms. The minimum atomic E-state index is -4.31. The van der Waals surface area contributed by atoms with E-state index in [1.807, 2.05) is 71.0 Å². The number of anilines is 1. The van der Waals surface area contributed by atoms with Crippen LogP contribution >= 0.6 is 11.3 Å². The molecule has 2 aliphatic heterocycles. The molecule has 5 aromatic carbocycles. The SMILES string of the molecule is CCCOc1cccc(Oc2cc3c(cc2NS(=O)(=O)c2cccc(C(=O)N4CCC(c5ccc(C(=O)N[C@H](C(=O)N6C[C@H](O)C[C@H]6C(=O)NCc6ccc(-c7scnc7C)cc6)C(C)(C)C)cc5)CC4)c2)n(C)c(=O)n3C)c1. The molecule has 0 radical (unpaired) electrons. The first kappa shape index (κ1) is 55.9. The van der Waals surface area contributed by atoms with Gasteiger partial charge >= 0.3 is 5.69 Å². The molecule has 3 atom stereocenters. The van der Waals surface area contributed by atoms with E-state index in [9.17, 15) is 37.5 Å². The van der Waals surface area contributed by atoms with Gasteiger partial charge in [-0.1, -0.05) is 76.2 Å². The van der Waals surface area contributed by atoms with Gasteiger partial charge in [-0.25, -0.2) is 18.2 Å². The van der Waals surface area contributed by atoms with E-state index in [-0.39, 0.29) is 58.9 Å². The van der Waals surface area contributed by atoms with Crippen LogP contribution in [0.25, 0.3) is 21.5 Å². The Bertz CT molecular complexity index is 3580. The third-order valence-electron chi connectivity index (χ3n) is 14.6. The highest BCUT2D eigenvalue weighted by atomic mass is 32.2. The van der Waals surface area contributed by atoms with Gasteiger partial charge in [0.1, 0.15) is 23.6 Å². The molecular formula is C59H66N8O10S2. The van der Waals surface area contributed by atoms with Gasteiger partial charge in [0.15, 0.2) is 5.75 Å². The first-order valence-corrected chi connectivity index (χ1v) is 28.7. The number of nitrogens with one attached hydrogen (secondary N) is 3. The van der Waals surface area contributed by atoms with Gasteiger partial charge < -0.3 is 35.0 Å². The molecule has 2 aliphatic rings. The van der Waals surface area contributed by atoms with Crippen molar-refractivity contribution >= 4 is 61.7 Å². The molecule has 4 N–H and O–H groups in total. The van der Waals surface area contributed by atoms with E-state index >= 15 is 0 Å². The quantitative estimate of drug-likeness (QED) is 0.0681. The summed E-state index contributed by atoms with van der Waals surface area (Å²) in [4.78, 5) is 77.1. The number of rotatable bonds is 17. The van der Waals surface area contributed by atoms with Crippen LogP contribution in [0.5, 0.6) is 17.2 Å². The highest BCUT2D eigenvalue weighted by Gasteiger charge is 2.44. The summed E-state index contributed by atoms with van der Waals surface area (Å²) >= 11 is 1.56. The first-order valence-electron chi connectivity index (χ1n) is 26.4. The number of aliphatic hydroxyl groups is 1. The number of β-amino-alcohol motifs (C(OH)–C–C–N with tert-alkyl or cyclic N) is 1. The number of fused-ring (bicyclic) bond motifs is 1. The fourth-order valence-electron chi connectivity index (χ4n) is 10.2. The molecular weight excluding hydrogens is 1040 g/mol. The Morgan fingerprint density at radius 2 is 1.54 bits per heavy atom. The summed E-state index contributed by atoms with van der Waals surface area (Å²) < 4.78 is 45.9. The van der Waals surface area contributed by atoms with E-state index in [4.69, 9.17) is 9.47 Å². The Morgan fingerprint density at radius 3 is 2.22 bits per heavy atom. The van der Waals surface area contributed by atoms with Gasteiger partial charge in [-0.05, 0) is 103 Å². The molecule has 0 bridgehead atoms. The number of hydrogen-bond donors (Lipinski definition) is 4. The monoisotopic (exact) mass is 1110 g/mol. The highest BCUT2D eigenvalue weighted by Crippen LogP contribution is 2.37. The molecule has 4 amide bonds. The maximum Gasteiger partial charge on any atom is 0.328 e. The molecule has 7 aromatic rings. The highest BCUT2D eigenvalue weighted by molar-refractivity contribution is 7.92. The Labute approximate surface area is 463 Å². The summed E-state index contributed by atoms with van der Waals surface area (Å²) in [5.74, 6) is -0.446. The van der Waals surface area contributed by atoms with Crippen molar-refractivity contribution in [3.8, 4) is 27.7 Å². The lowest BCUT2D eigenvalue weighted by Crippen LogP contribution is -2.57. The summed E-state index contributed by atoms with van der Waals surface area (Å²) in [7, 11) is -1.09. The van der Waals surface area contributed by atoms with Crippen molar-refractivity contribution < 1.29 is 42.2 Å². The molecule has 79 heavy (non-hydrogen) atoms. The molecule has 414 valence electrons. The maximum absolute atomic E-state index is 14.3. The number of hydrogen-bond acceptors (Lipinski definition) is 12. The lowest BCUT2D eigenvalue weighted by atomic mass is 9.85. The van der Waals surface area contributed by atoms with E-state index in [0.717, 1.165) is 33.7 Å². The van der Waals surface area contributed by atoms with Crippen LogP contribution < -0.4 is 30.5 Å². The van der Waals surface area contributed by atoms with Crippen molar-refractivity contribution in [3.63, 3.8) is 0 Å². The number of amides is 4. The van der Waals surface area contributed by atoms with Crippen LogP contribution in [0.3, 0.4) is 0 Å². The normalized spacial score (nSPS) is 16.4. The number of benzene rings is 5. The van der Waals surface area contributed by atoms with Crippen LogP contribution in [-0.2, 0) is 40.3 Å². The number of aliphatic hydroxyl groups excluding tert-OH is 1. The summed E-state index contributed by atoms with van der Waals surface area (Å²) in [5, 5.41) is 16.6. The number of likely N-dealkylation sites (tertiary alicyclic amines) is 2.